The van der Waals surface area contributed by atoms with Gasteiger partial charge in [-0.1, -0.05) is 29.3 Å². The van der Waals surface area contributed by atoms with Gasteiger partial charge < -0.3 is 16.0 Å². The third-order valence-corrected chi connectivity index (χ3v) is 4.69. The number of benzene rings is 1. The van der Waals surface area contributed by atoms with Crippen molar-refractivity contribution in [3.63, 3.8) is 0 Å². The number of carbonyl (C=O) groups is 2. The Bertz CT molecular complexity index is 580. The van der Waals surface area contributed by atoms with E-state index in [2.05, 4.69) is 37.4 Å². The lowest BCUT2D eigenvalue weighted by atomic mass is 9.93. The molecule has 1 aliphatic rings. The van der Waals surface area contributed by atoms with Crippen LogP contribution in [0.25, 0.3) is 0 Å². The summed E-state index contributed by atoms with van der Waals surface area (Å²) in [5.41, 5.74) is 8.76. The van der Waals surface area contributed by atoms with Crippen molar-refractivity contribution in [2.24, 2.45) is 11.7 Å². The van der Waals surface area contributed by atoms with Crippen molar-refractivity contribution < 1.29 is 9.59 Å². The Morgan fingerprint density at radius 1 is 1.29 bits per heavy atom. The Morgan fingerprint density at radius 3 is 2.58 bits per heavy atom. The molecule has 0 radical (unpaired) electrons. The maximum Gasteiger partial charge on any atom is 0.317 e. The first kappa shape index (κ1) is 18.3. The number of urea groups is 1. The maximum absolute atomic E-state index is 12.6. The fourth-order valence-electron chi connectivity index (χ4n) is 3.45. The van der Waals surface area contributed by atoms with Crippen LogP contribution in [0.15, 0.2) is 18.2 Å². The molecule has 0 saturated carbocycles. The predicted octanol–water partition coefficient (Wildman–Crippen LogP) is 3.05. The minimum absolute atomic E-state index is 0.0227. The van der Waals surface area contributed by atoms with Gasteiger partial charge in [-0.15, -0.1) is 0 Å². The van der Waals surface area contributed by atoms with E-state index in [0.29, 0.717) is 18.9 Å². The molecule has 0 spiro atoms. The smallest absolute Gasteiger partial charge is 0.317 e. The average Bonchev–Trinajstić information content (AvgIpc) is 2.52. The zero-order valence-corrected chi connectivity index (χ0v) is 15.0. The molecule has 132 valence electrons. The molecule has 1 aromatic carbocycles. The molecule has 5 nitrogen and oxygen atoms in total. The van der Waals surface area contributed by atoms with Crippen LogP contribution in [-0.4, -0.2) is 29.9 Å². The van der Waals surface area contributed by atoms with Gasteiger partial charge in [0.05, 0.1) is 6.04 Å². The molecule has 0 aromatic heterocycles. The van der Waals surface area contributed by atoms with E-state index in [9.17, 15) is 9.59 Å². The third kappa shape index (κ3) is 5.25. The number of primary amides is 1. The van der Waals surface area contributed by atoms with Crippen molar-refractivity contribution in [2.45, 2.75) is 52.5 Å². The lowest BCUT2D eigenvalue weighted by Gasteiger charge is -2.33. The van der Waals surface area contributed by atoms with E-state index in [4.69, 9.17) is 5.73 Å². The molecule has 0 bridgehead atoms. The van der Waals surface area contributed by atoms with E-state index in [1.54, 1.807) is 0 Å². The van der Waals surface area contributed by atoms with Crippen LogP contribution in [0.4, 0.5) is 4.79 Å². The second-order valence-corrected chi connectivity index (χ2v) is 7.05. The van der Waals surface area contributed by atoms with E-state index < -0.39 is 0 Å². The molecule has 1 saturated heterocycles. The molecule has 1 fully saturated rings. The summed E-state index contributed by atoms with van der Waals surface area (Å²) in [6, 6.07) is 6.31. The fourth-order valence-corrected chi connectivity index (χ4v) is 3.45. The second-order valence-electron chi connectivity index (χ2n) is 7.05. The van der Waals surface area contributed by atoms with Crippen LogP contribution in [0.3, 0.4) is 0 Å². The first-order valence-electron chi connectivity index (χ1n) is 8.77. The van der Waals surface area contributed by atoms with Crippen molar-refractivity contribution in [1.82, 2.24) is 10.2 Å². The number of nitrogens with zero attached hydrogens (tertiary/aromatic N) is 1. The summed E-state index contributed by atoms with van der Waals surface area (Å²) in [4.78, 5) is 25.4. The van der Waals surface area contributed by atoms with Crippen molar-refractivity contribution in [3.8, 4) is 0 Å². The molecule has 1 heterocycles. The quantitative estimate of drug-likeness (QED) is 0.870. The van der Waals surface area contributed by atoms with Gasteiger partial charge in [-0.05, 0) is 51.5 Å². The second kappa shape index (κ2) is 8.18. The Morgan fingerprint density at radius 2 is 1.96 bits per heavy atom. The highest BCUT2D eigenvalue weighted by molar-refractivity contribution is 5.75. The largest absolute Gasteiger partial charge is 0.370 e. The number of amides is 3. The van der Waals surface area contributed by atoms with Crippen LogP contribution >= 0.6 is 0 Å². The van der Waals surface area contributed by atoms with Crippen LogP contribution in [0, 0.1) is 19.8 Å². The minimum atomic E-state index is -0.264. The lowest BCUT2D eigenvalue weighted by Crippen LogP contribution is -2.46. The van der Waals surface area contributed by atoms with Gasteiger partial charge in [-0.25, -0.2) is 4.79 Å². The Balaban J connectivity index is 1.92. The molecule has 1 aromatic rings. The number of rotatable bonds is 5. The van der Waals surface area contributed by atoms with Crippen molar-refractivity contribution in [2.75, 3.05) is 13.1 Å². The summed E-state index contributed by atoms with van der Waals surface area (Å²) < 4.78 is 0. The van der Waals surface area contributed by atoms with Crippen molar-refractivity contribution in [1.29, 1.82) is 0 Å². The maximum atomic E-state index is 12.6. The molecule has 0 aliphatic carbocycles. The van der Waals surface area contributed by atoms with E-state index >= 15 is 0 Å². The summed E-state index contributed by atoms with van der Waals surface area (Å²) in [6.07, 6.45) is 3.21. The van der Waals surface area contributed by atoms with Crippen LogP contribution in [0.1, 0.15) is 55.3 Å². The Hall–Kier alpha value is -2.04. The number of nitrogens with one attached hydrogen (secondary N) is 1. The van der Waals surface area contributed by atoms with Gasteiger partial charge in [0.15, 0.2) is 0 Å². The number of nitrogens with two attached hydrogens (primary N) is 1. The van der Waals surface area contributed by atoms with E-state index in [1.807, 2.05) is 11.8 Å². The van der Waals surface area contributed by atoms with Gasteiger partial charge in [0, 0.05) is 19.5 Å². The highest BCUT2D eigenvalue weighted by Crippen LogP contribution is 2.22. The van der Waals surface area contributed by atoms with Crippen molar-refractivity contribution in [3.05, 3.63) is 34.9 Å². The molecular formula is C19H29N3O2. The van der Waals surface area contributed by atoms with E-state index in [-0.39, 0.29) is 18.0 Å². The van der Waals surface area contributed by atoms with Gasteiger partial charge in [-0.3, -0.25) is 4.79 Å². The first-order chi connectivity index (χ1) is 11.3. The summed E-state index contributed by atoms with van der Waals surface area (Å²) in [6.45, 7) is 7.63. The van der Waals surface area contributed by atoms with Crippen LogP contribution in [0.5, 0.6) is 0 Å². The van der Waals surface area contributed by atoms with Gasteiger partial charge in [0.2, 0.25) is 5.91 Å². The summed E-state index contributed by atoms with van der Waals surface area (Å²) in [5, 5.41) is 3.10. The molecule has 3 amide bonds. The minimum Gasteiger partial charge on any atom is -0.370 e. The van der Waals surface area contributed by atoms with Crippen LogP contribution in [-0.2, 0) is 4.79 Å². The molecule has 2 rings (SSSR count). The SMILES string of the molecule is Cc1cc(C)cc(C(C)NC(=O)N2CCCC(CCC(N)=O)C2)c1. The third-order valence-electron chi connectivity index (χ3n) is 4.69. The van der Waals surface area contributed by atoms with Gasteiger partial charge in [-0.2, -0.15) is 0 Å². The normalized spacial score (nSPS) is 19.0. The summed E-state index contributed by atoms with van der Waals surface area (Å²) in [5.74, 6) is 0.105. The molecule has 2 unspecified atom stereocenters. The fraction of sp³-hybridized carbons (Fsp3) is 0.579. The van der Waals surface area contributed by atoms with E-state index in [1.165, 1.54) is 11.1 Å². The highest BCUT2D eigenvalue weighted by atomic mass is 16.2. The summed E-state index contributed by atoms with van der Waals surface area (Å²) >= 11 is 0. The Labute approximate surface area is 144 Å². The highest BCUT2D eigenvalue weighted by Gasteiger charge is 2.24. The molecule has 1 aliphatic heterocycles. The summed E-state index contributed by atoms with van der Waals surface area (Å²) in [7, 11) is 0. The zero-order valence-electron chi connectivity index (χ0n) is 15.0. The van der Waals surface area contributed by atoms with Gasteiger partial charge in [0.1, 0.15) is 0 Å². The van der Waals surface area contributed by atoms with Gasteiger partial charge >= 0.3 is 6.03 Å². The standard InChI is InChI=1S/C19H29N3O2/c1-13-9-14(2)11-17(10-13)15(3)21-19(24)22-8-4-5-16(12-22)6-7-18(20)23/h9-11,15-16H,4-8,12H2,1-3H3,(H2,20,23)(H,21,24). The van der Waals surface area contributed by atoms with Crippen LogP contribution < -0.4 is 11.1 Å². The first-order valence-corrected chi connectivity index (χ1v) is 8.77. The monoisotopic (exact) mass is 331 g/mol. The Kier molecular flexibility index (Phi) is 6.23. The number of carbonyl (C=O) groups excluding carboxylic acids is 2. The van der Waals surface area contributed by atoms with Gasteiger partial charge in [0.25, 0.3) is 0 Å². The molecular weight excluding hydrogens is 302 g/mol. The molecule has 5 heteroatoms. The lowest BCUT2D eigenvalue weighted by molar-refractivity contribution is -0.118. The topological polar surface area (TPSA) is 75.4 Å². The zero-order chi connectivity index (χ0) is 17.7. The number of aryl methyl sites for hydroxylation is 2. The average molecular weight is 331 g/mol. The number of likely N-dealkylation sites (tertiary alicyclic amines) is 1. The molecule has 3 N–H and O–H groups in total. The number of hydrogen-bond donors (Lipinski definition) is 2. The predicted molar refractivity (Wildman–Crippen MR) is 95.6 cm³/mol. The number of piperidine rings is 1. The number of hydrogen-bond acceptors (Lipinski definition) is 2. The van der Waals surface area contributed by atoms with Crippen LogP contribution in [0.2, 0.25) is 0 Å². The van der Waals surface area contributed by atoms with Crippen molar-refractivity contribution >= 4 is 11.9 Å². The molecule has 24 heavy (non-hydrogen) atoms. The van der Waals surface area contributed by atoms with E-state index in [0.717, 1.165) is 31.4 Å². The molecule has 2 atom stereocenters.